The smallest absolute Gasteiger partial charge is 0.224 e. The van der Waals surface area contributed by atoms with Gasteiger partial charge in [-0.15, -0.1) is 0 Å². The number of hydrogen-bond donors (Lipinski definition) is 1. The summed E-state index contributed by atoms with van der Waals surface area (Å²) < 4.78 is 10.6. The molecule has 2 N–H and O–H groups in total. The van der Waals surface area contributed by atoms with Gasteiger partial charge in [-0.2, -0.15) is 9.97 Å². The van der Waals surface area contributed by atoms with E-state index < -0.39 is 0 Å². The Morgan fingerprint density at radius 2 is 1.79 bits per heavy atom. The summed E-state index contributed by atoms with van der Waals surface area (Å²) in [7, 11) is 1.62. The van der Waals surface area contributed by atoms with Crippen molar-refractivity contribution in [2.75, 3.05) is 19.1 Å². The monoisotopic (exact) mass is 278 g/mol. The van der Waals surface area contributed by atoms with E-state index in [1.54, 1.807) is 7.11 Å². The van der Waals surface area contributed by atoms with Gasteiger partial charge in [0.25, 0.3) is 0 Å². The van der Waals surface area contributed by atoms with Crippen molar-refractivity contribution in [3.05, 3.63) is 30.1 Å². The minimum Gasteiger partial charge on any atom is -0.497 e. The number of rotatable bonds is 5. The molecule has 0 spiro atoms. The third-order valence-corrected chi connectivity index (χ3v) is 2.84. The summed E-state index contributed by atoms with van der Waals surface area (Å²) in [5.74, 6) is 2.20. The van der Waals surface area contributed by atoms with E-state index >= 15 is 0 Å². The van der Waals surface area contributed by atoms with Crippen molar-refractivity contribution in [2.24, 2.45) is 0 Å². The number of nitrogen functional groups attached to an aromatic ring is 1. The molecule has 1 aromatic heterocycles. The molecule has 6 nitrogen and oxygen atoms in total. The lowest BCUT2D eigenvalue weighted by atomic mass is 10.3. The van der Waals surface area contributed by atoms with Gasteiger partial charge in [0, 0.05) is 0 Å². The average Bonchev–Trinajstić information content (AvgIpc) is 2.45. The second-order valence-electron chi connectivity index (χ2n) is 3.56. The normalized spacial score (nSPS) is 10.2. The summed E-state index contributed by atoms with van der Waals surface area (Å²) in [6, 6.07) is 7.28. The molecule has 0 aliphatic rings. The molecule has 100 valence electrons. The van der Waals surface area contributed by atoms with Crippen LogP contribution in [0.25, 0.3) is 0 Å². The summed E-state index contributed by atoms with van der Waals surface area (Å²) >= 11 is 1.41. The van der Waals surface area contributed by atoms with Crippen molar-refractivity contribution in [1.29, 1.82) is 0 Å². The first kappa shape index (κ1) is 13.4. The van der Waals surface area contributed by atoms with E-state index in [0.29, 0.717) is 16.7 Å². The topological polar surface area (TPSA) is 83.2 Å². The molecule has 0 aliphatic carbocycles. The van der Waals surface area contributed by atoms with Crippen molar-refractivity contribution in [2.45, 2.75) is 11.8 Å². The van der Waals surface area contributed by atoms with Crippen LogP contribution in [-0.2, 0) is 6.61 Å². The fourth-order valence-electron chi connectivity index (χ4n) is 1.39. The zero-order chi connectivity index (χ0) is 13.7. The van der Waals surface area contributed by atoms with Crippen molar-refractivity contribution >= 4 is 17.7 Å². The summed E-state index contributed by atoms with van der Waals surface area (Å²) in [5.41, 5.74) is 5.59. The molecule has 0 unspecified atom stereocenters. The molecule has 2 aromatic rings. The molecule has 2 rings (SSSR count). The number of benzene rings is 1. The van der Waals surface area contributed by atoms with Gasteiger partial charge < -0.3 is 15.2 Å². The molecule has 0 bridgehead atoms. The number of methoxy groups -OCH3 is 1. The van der Waals surface area contributed by atoms with Crippen molar-refractivity contribution < 1.29 is 9.47 Å². The van der Waals surface area contributed by atoms with Crippen molar-refractivity contribution in [3.63, 3.8) is 0 Å². The van der Waals surface area contributed by atoms with Crippen LogP contribution in [0.3, 0.4) is 0 Å². The van der Waals surface area contributed by atoms with E-state index in [4.69, 9.17) is 15.2 Å². The fraction of sp³-hybridized carbons (Fsp3) is 0.250. The van der Waals surface area contributed by atoms with E-state index in [-0.39, 0.29) is 12.6 Å². The Bertz CT molecular complexity index is 548. The van der Waals surface area contributed by atoms with Gasteiger partial charge in [-0.25, -0.2) is 4.98 Å². The zero-order valence-corrected chi connectivity index (χ0v) is 11.5. The van der Waals surface area contributed by atoms with Gasteiger partial charge in [0.15, 0.2) is 11.0 Å². The SMILES string of the molecule is COc1ccc(OCc2nc(N)nc(SC)n2)cc1. The highest BCUT2D eigenvalue weighted by molar-refractivity contribution is 7.98. The number of ether oxygens (including phenoxy) is 2. The van der Waals surface area contributed by atoms with Crippen LogP contribution in [0.5, 0.6) is 11.5 Å². The highest BCUT2D eigenvalue weighted by Crippen LogP contribution is 2.18. The number of hydrogen-bond acceptors (Lipinski definition) is 7. The molecule has 0 saturated heterocycles. The Hall–Kier alpha value is -2.02. The summed E-state index contributed by atoms with van der Waals surface area (Å²) in [6.45, 7) is 0.243. The Morgan fingerprint density at radius 3 is 2.42 bits per heavy atom. The van der Waals surface area contributed by atoms with Crippen LogP contribution in [0.2, 0.25) is 0 Å². The first-order valence-electron chi connectivity index (χ1n) is 5.52. The molecule has 7 heteroatoms. The first-order valence-corrected chi connectivity index (χ1v) is 6.75. The number of anilines is 1. The maximum absolute atomic E-state index is 5.59. The molecular formula is C12H14N4O2S. The second kappa shape index (κ2) is 6.24. The minimum atomic E-state index is 0.202. The van der Waals surface area contributed by atoms with Crippen molar-refractivity contribution in [1.82, 2.24) is 15.0 Å². The van der Waals surface area contributed by atoms with Gasteiger partial charge >= 0.3 is 0 Å². The molecular weight excluding hydrogens is 264 g/mol. The molecule has 0 atom stereocenters. The van der Waals surface area contributed by atoms with Crippen LogP contribution in [0, 0.1) is 0 Å². The van der Waals surface area contributed by atoms with E-state index in [0.717, 1.165) is 5.75 Å². The summed E-state index contributed by atoms with van der Waals surface area (Å²) in [6.07, 6.45) is 1.88. The highest BCUT2D eigenvalue weighted by atomic mass is 32.2. The first-order chi connectivity index (χ1) is 9.21. The molecule has 1 heterocycles. The van der Waals surface area contributed by atoms with E-state index in [9.17, 15) is 0 Å². The molecule has 0 saturated carbocycles. The van der Waals surface area contributed by atoms with Gasteiger partial charge in [-0.3, -0.25) is 0 Å². The van der Waals surface area contributed by atoms with Gasteiger partial charge in [0.2, 0.25) is 5.95 Å². The molecule has 19 heavy (non-hydrogen) atoms. The maximum atomic E-state index is 5.59. The number of nitrogens with two attached hydrogens (primary N) is 1. The van der Waals surface area contributed by atoms with Crippen LogP contribution >= 0.6 is 11.8 Å². The van der Waals surface area contributed by atoms with Crippen LogP contribution in [0.1, 0.15) is 5.82 Å². The molecule has 0 amide bonds. The van der Waals surface area contributed by atoms with Crippen LogP contribution < -0.4 is 15.2 Å². The third-order valence-electron chi connectivity index (χ3n) is 2.29. The highest BCUT2D eigenvalue weighted by Gasteiger charge is 2.04. The Morgan fingerprint density at radius 1 is 1.11 bits per heavy atom. The largest absolute Gasteiger partial charge is 0.497 e. The molecule has 1 aromatic carbocycles. The lowest BCUT2D eigenvalue weighted by molar-refractivity contribution is 0.293. The number of thioether (sulfide) groups is 1. The average molecular weight is 278 g/mol. The third kappa shape index (κ3) is 3.72. The van der Waals surface area contributed by atoms with Gasteiger partial charge in [-0.05, 0) is 30.5 Å². The Labute approximate surface area is 115 Å². The predicted octanol–water partition coefficient (Wildman–Crippen LogP) is 1.76. The molecule has 0 aliphatic heterocycles. The summed E-state index contributed by atoms with van der Waals surface area (Å²) in [5, 5.41) is 0.584. The fourth-order valence-corrected chi connectivity index (χ4v) is 1.77. The van der Waals surface area contributed by atoms with Crippen molar-refractivity contribution in [3.8, 4) is 11.5 Å². The van der Waals surface area contributed by atoms with Crippen LogP contribution in [0.4, 0.5) is 5.95 Å². The Balaban J connectivity index is 2.03. The molecule has 0 radical (unpaired) electrons. The predicted molar refractivity (Wildman–Crippen MR) is 73.3 cm³/mol. The lowest BCUT2D eigenvalue weighted by Crippen LogP contribution is -2.07. The van der Waals surface area contributed by atoms with Crippen LogP contribution in [0.15, 0.2) is 29.4 Å². The van der Waals surface area contributed by atoms with Gasteiger partial charge in [-0.1, -0.05) is 11.8 Å². The maximum Gasteiger partial charge on any atom is 0.224 e. The second-order valence-corrected chi connectivity index (χ2v) is 4.33. The quantitative estimate of drug-likeness (QED) is 0.834. The van der Waals surface area contributed by atoms with E-state index in [1.165, 1.54) is 11.8 Å². The van der Waals surface area contributed by atoms with E-state index in [1.807, 2.05) is 30.5 Å². The zero-order valence-electron chi connectivity index (χ0n) is 10.7. The standard InChI is InChI=1S/C12H14N4O2S/c1-17-8-3-5-9(6-4-8)18-7-10-14-11(13)16-12(15-10)19-2/h3-6H,7H2,1-2H3,(H2,13,14,15,16). The number of aromatic nitrogens is 3. The van der Waals surface area contributed by atoms with Gasteiger partial charge in [0.05, 0.1) is 7.11 Å². The Kier molecular flexibility index (Phi) is 4.40. The number of nitrogens with zero attached hydrogens (tertiary/aromatic N) is 3. The molecule has 0 fully saturated rings. The van der Waals surface area contributed by atoms with E-state index in [2.05, 4.69) is 15.0 Å². The van der Waals surface area contributed by atoms with Gasteiger partial charge in [0.1, 0.15) is 18.1 Å². The lowest BCUT2D eigenvalue weighted by Gasteiger charge is -2.07. The minimum absolute atomic E-state index is 0.202. The summed E-state index contributed by atoms with van der Waals surface area (Å²) in [4.78, 5) is 12.2. The van der Waals surface area contributed by atoms with Crippen LogP contribution in [-0.4, -0.2) is 28.3 Å².